The van der Waals surface area contributed by atoms with Crippen LogP contribution in [-0.4, -0.2) is 25.9 Å². The van der Waals surface area contributed by atoms with Gasteiger partial charge < -0.3 is 14.8 Å². The second-order valence-electron chi connectivity index (χ2n) is 5.41. The maximum Gasteiger partial charge on any atom is 0.251 e. The maximum absolute atomic E-state index is 12.4. The summed E-state index contributed by atoms with van der Waals surface area (Å²) in [5.74, 6) is 0.912. The summed E-state index contributed by atoms with van der Waals surface area (Å²) in [6.07, 6.45) is 0.202. The number of carbonyl (C=O) groups excluding carboxylic acids is 2. The van der Waals surface area contributed by atoms with Gasteiger partial charge in [0, 0.05) is 12.0 Å². The molecule has 0 aromatic heterocycles. The van der Waals surface area contributed by atoms with Gasteiger partial charge >= 0.3 is 0 Å². The molecule has 0 aliphatic carbocycles. The first-order valence-corrected chi connectivity index (χ1v) is 7.62. The quantitative estimate of drug-likeness (QED) is 0.848. The van der Waals surface area contributed by atoms with E-state index in [-0.39, 0.29) is 18.1 Å². The van der Waals surface area contributed by atoms with Crippen molar-refractivity contribution in [3.63, 3.8) is 0 Å². The van der Waals surface area contributed by atoms with Gasteiger partial charge in [0.2, 0.25) is 0 Å². The molecule has 0 saturated heterocycles. The molecule has 0 aliphatic rings. The predicted octanol–water partition coefficient (Wildman–Crippen LogP) is 3.15. The number of ketones is 1. The predicted molar refractivity (Wildman–Crippen MR) is 91.5 cm³/mol. The number of amides is 1. The molecular weight excluding hydrogens is 306 g/mol. The van der Waals surface area contributed by atoms with Gasteiger partial charge in [-0.15, -0.1) is 0 Å². The number of benzene rings is 2. The summed E-state index contributed by atoms with van der Waals surface area (Å²) in [6.45, 7) is 1.50. The molecule has 1 atom stereocenters. The number of carbonyl (C=O) groups is 2. The number of hydrogen-bond acceptors (Lipinski definition) is 4. The van der Waals surface area contributed by atoms with Crippen LogP contribution in [0.4, 0.5) is 0 Å². The van der Waals surface area contributed by atoms with Crippen molar-refractivity contribution < 1.29 is 19.1 Å². The van der Waals surface area contributed by atoms with Crippen molar-refractivity contribution in [1.29, 1.82) is 0 Å². The zero-order valence-corrected chi connectivity index (χ0v) is 14.0. The van der Waals surface area contributed by atoms with Crippen molar-refractivity contribution in [2.24, 2.45) is 0 Å². The standard InChI is InChI=1S/C19H21NO4/c1-13(21)11-16(20-19(22)14-7-5-4-6-8-14)15-9-10-17(23-2)18(12-15)24-3/h4-10,12,16H,11H2,1-3H3,(H,20,22)/t16-/m0/s1. The van der Waals surface area contributed by atoms with Crippen LogP contribution in [-0.2, 0) is 4.79 Å². The molecule has 126 valence electrons. The van der Waals surface area contributed by atoms with E-state index in [1.807, 2.05) is 12.1 Å². The summed E-state index contributed by atoms with van der Waals surface area (Å²) in [6, 6.07) is 13.8. The Morgan fingerprint density at radius 2 is 1.67 bits per heavy atom. The highest BCUT2D eigenvalue weighted by molar-refractivity contribution is 5.94. The second-order valence-corrected chi connectivity index (χ2v) is 5.41. The highest BCUT2D eigenvalue weighted by Gasteiger charge is 2.19. The first-order valence-electron chi connectivity index (χ1n) is 7.62. The van der Waals surface area contributed by atoms with Crippen LogP contribution < -0.4 is 14.8 Å². The highest BCUT2D eigenvalue weighted by Crippen LogP contribution is 2.31. The van der Waals surface area contributed by atoms with Crippen LogP contribution in [0, 0.1) is 0 Å². The van der Waals surface area contributed by atoms with Gasteiger partial charge in [-0.2, -0.15) is 0 Å². The van der Waals surface area contributed by atoms with Crippen LogP contribution in [0.2, 0.25) is 0 Å². The Bertz CT molecular complexity index is 713. The fraction of sp³-hybridized carbons (Fsp3) is 0.263. The molecule has 5 heteroatoms. The molecule has 0 heterocycles. The smallest absolute Gasteiger partial charge is 0.251 e. The largest absolute Gasteiger partial charge is 0.493 e. The lowest BCUT2D eigenvalue weighted by Crippen LogP contribution is -2.29. The lowest BCUT2D eigenvalue weighted by atomic mass is 10.0. The van der Waals surface area contributed by atoms with E-state index in [1.165, 1.54) is 6.92 Å². The Morgan fingerprint density at radius 1 is 1.00 bits per heavy atom. The molecule has 2 rings (SSSR count). The lowest BCUT2D eigenvalue weighted by Gasteiger charge is -2.19. The molecule has 0 aliphatic heterocycles. The van der Waals surface area contributed by atoms with Gasteiger partial charge in [-0.3, -0.25) is 9.59 Å². The van der Waals surface area contributed by atoms with E-state index >= 15 is 0 Å². The number of ether oxygens (including phenoxy) is 2. The molecule has 0 bridgehead atoms. The topological polar surface area (TPSA) is 64.6 Å². The molecule has 2 aromatic rings. The van der Waals surface area contributed by atoms with E-state index in [9.17, 15) is 9.59 Å². The Balaban J connectivity index is 2.28. The van der Waals surface area contributed by atoms with E-state index in [4.69, 9.17) is 9.47 Å². The lowest BCUT2D eigenvalue weighted by molar-refractivity contribution is -0.117. The monoisotopic (exact) mass is 327 g/mol. The van der Waals surface area contributed by atoms with Gasteiger partial charge in [-0.25, -0.2) is 0 Å². The van der Waals surface area contributed by atoms with Crippen molar-refractivity contribution in [2.45, 2.75) is 19.4 Å². The second kappa shape index (κ2) is 8.15. The third-order valence-electron chi connectivity index (χ3n) is 3.64. The molecule has 0 spiro atoms. The van der Waals surface area contributed by atoms with Crippen LogP contribution >= 0.6 is 0 Å². The summed E-state index contributed by atoms with van der Waals surface area (Å²) >= 11 is 0. The highest BCUT2D eigenvalue weighted by atomic mass is 16.5. The van der Waals surface area contributed by atoms with Crippen molar-refractivity contribution in [3.8, 4) is 11.5 Å². The zero-order valence-electron chi connectivity index (χ0n) is 14.0. The zero-order chi connectivity index (χ0) is 17.5. The Hall–Kier alpha value is -2.82. The molecule has 0 radical (unpaired) electrons. The molecular formula is C19H21NO4. The fourth-order valence-electron chi connectivity index (χ4n) is 2.44. The minimum absolute atomic E-state index is 0.0110. The van der Waals surface area contributed by atoms with Gasteiger partial charge in [-0.05, 0) is 36.8 Å². The van der Waals surface area contributed by atoms with Crippen LogP contribution in [0.1, 0.15) is 35.3 Å². The van der Waals surface area contributed by atoms with Crippen LogP contribution in [0.15, 0.2) is 48.5 Å². The van der Waals surface area contributed by atoms with Crippen molar-refractivity contribution >= 4 is 11.7 Å². The van der Waals surface area contributed by atoms with Gasteiger partial charge in [0.05, 0.1) is 20.3 Å². The molecule has 1 amide bonds. The van der Waals surface area contributed by atoms with Crippen LogP contribution in [0.5, 0.6) is 11.5 Å². The number of Topliss-reactive ketones (excluding diaryl/α,β-unsaturated/α-hetero) is 1. The molecule has 2 aromatic carbocycles. The number of rotatable bonds is 7. The molecule has 0 saturated carbocycles. The van der Waals surface area contributed by atoms with Gasteiger partial charge in [-0.1, -0.05) is 24.3 Å². The van der Waals surface area contributed by atoms with Crippen molar-refractivity contribution in [2.75, 3.05) is 14.2 Å². The van der Waals surface area contributed by atoms with Gasteiger partial charge in [0.25, 0.3) is 5.91 Å². The van der Waals surface area contributed by atoms with Gasteiger partial charge in [0.15, 0.2) is 11.5 Å². The molecule has 24 heavy (non-hydrogen) atoms. The molecule has 0 fully saturated rings. The summed E-state index contributed by atoms with van der Waals surface area (Å²) < 4.78 is 10.5. The minimum Gasteiger partial charge on any atom is -0.493 e. The number of hydrogen-bond donors (Lipinski definition) is 1. The third kappa shape index (κ3) is 4.35. The van der Waals surface area contributed by atoms with Crippen molar-refractivity contribution in [3.05, 3.63) is 59.7 Å². The summed E-state index contributed by atoms with van der Waals surface area (Å²) in [7, 11) is 3.10. The average Bonchev–Trinajstić information content (AvgIpc) is 2.60. The van der Waals surface area contributed by atoms with E-state index in [2.05, 4.69) is 5.32 Å². The molecule has 1 N–H and O–H groups in total. The summed E-state index contributed by atoms with van der Waals surface area (Å²) in [5.41, 5.74) is 1.33. The summed E-state index contributed by atoms with van der Waals surface area (Å²) in [4.78, 5) is 24.0. The van der Waals surface area contributed by atoms with Crippen molar-refractivity contribution in [1.82, 2.24) is 5.32 Å². The normalized spacial score (nSPS) is 11.5. The Kier molecular flexibility index (Phi) is 5.95. The first-order chi connectivity index (χ1) is 11.5. The minimum atomic E-state index is -0.435. The van der Waals surface area contributed by atoms with Crippen LogP contribution in [0.3, 0.4) is 0 Å². The van der Waals surface area contributed by atoms with E-state index in [0.717, 1.165) is 5.56 Å². The Labute approximate surface area is 141 Å². The number of methoxy groups -OCH3 is 2. The van der Waals surface area contributed by atoms with Gasteiger partial charge in [0.1, 0.15) is 5.78 Å². The first kappa shape index (κ1) is 17.5. The number of nitrogens with one attached hydrogen (secondary N) is 1. The van der Waals surface area contributed by atoms with E-state index < -0.39 is 6.04 Å². The SMILES string of the molecule is COc1ccc([C@H](CC(C)=O)NC(=O)c2ccccc2)cc1OC. The summed E-state index contributed by atoms with van der Waals surface area (Å²) in [5, 5.41) is 2.91. The maximum atomic E-state index is 12.4. The van der Waals surface area contributed by atoms with Crippen LogP contribution in [0.25, 0.3) is 0 Å². The van der Waals surface area contributed by atoms with E-state index in [1.54, 1.807) is 50.6 Å². The molecule has 5 nitrogen and oxygen atoms in total. The molecule has 0 unspecified atom stereocenters. The third-order valence-corrected chi connectivity index (χ3v) is 3.64. The van der Waals surface area contributed by atoms with E-state index in [0.29, 0.717) is 17.1 Å². The fourth-order valence-corrected chi connectivity index (χ4v) is 2.44. The average molecular weight is 327 g/mol. The Morgan fingerprint density at radius 3 is 2.25 bits per heavy atom.